The predicted octanol–water partition coefficient (Wildman–Crippen LogP) is 5.46. The number of likely N-dealkylation sites (N-methyl/N-ethyl adjacent to an activating group) is 1. The second-order valence-corrected chi connectivity index (χ2v) is 11.5. The number of hydrogen-bond acceptors (Lipinski definition) is 4. The van der Waals surface area contributed by atoms with Crippen molar-refractivity contribution in [1.82, 2.24) is 10.2 Å². The lowest BCUT2D eigenvalue weighted by Gasteiger charge is -2.33. The summed E-state index contributed by atoms with van der Waals surface area (Å²) in [6, 6.07) is 16.0. The maximum atomic E-state index is 14.0. The number of benzene rings is 3. The van der Waals surface area contributed by atoms with Crippen LogP contribution in [0.3, 0.4) is 0 Å². The number of alkyl halides is 3. The molecule has 0 saturated heterocycles. The Morgan fingerprint density at radius 2 is 1.59 bits per heavy atom. The zero-order chi connectivity index (χ0) is 30.4. The number of hydrogen-bond donors (Lipinski definition) is 1. The molecule has 0 aliphatic carbocycles. The summed E-state index contributed by atoms with van der Waals surface area (Å²) in [7, 11) is -4.49. The summed E-state index contributed by atoms with van der Waals surface area (Å²) in [5.74, 6) is -1.15. The van der Waals surface area contributed by atoms with Crippen LogP contribution in [0.1, 0.15) is 42.5 Å². The Labute approximate surface area is 239 Å². The van der Waals surface area contributed by atoms with Gasteiger partial charge < -0.3 is 10.2 Å². The van der Waals surface area contributed by atoms with Gasteiger partial charge in [0.25, 0.3) is 10.0 Å². The molecular weight excluding hydrogens is 555 g/mol. The second kappa shape index (κ2) is 13.2. The van der Waals surface area contributed by atoms with Gasteiger partial charge in [-0.15, -0.1) is 0 Å². The third kappa shape index (κ3) is 7.66. The standard InChI is InChI=1S/C30H34F3N3O4S/c1-5-27(29(38)34-6-2)35(19-23-11-8-7-10-22(23)4)28(37)20-36(25-13-9-12-24(18-25)30(31,32)33)41(39,40)26-16-14-21(3)15-17-26/h7-18,27H,5-6,19-20H2,1-4H3,(H,34,38)/t27-/m0/s1. The number of nitrogens with zero attached hydrogens (tertiary/aromatic N) is 2. The van der Waals surface area contributed by atoms with Gasteiger partial charge >= 0.3 is 6.18 Å². The average molecular weight is 590 g/mol. The fraction of sp³-hybridized carbons (Fsp3) is 0.333. The SMILES string of the molecule is CCNC(=O)[C@H](CC)N(Cc1ccccc1C)C(=O)CN(c1cccc(C(F)(F)F)c1)S(=O)(=O)c1ccc(C)cc1. The van der Waals surface area contributed by atoms with Crippen molar-refractivity contribution >= 4 is 27.5 Å². The number of halogens is 3. The van der Waals surface area contributed by atoms with Gasteiger partial charge in [0.15, 0.2) is 0 Å². The van der Waals surface area contributed by atoms with Crippen molar-refractivity contribution in [3.8, 4) is 0 Å². The molecule has 3 rings (SSSR count). The van der Waals surface area contributed by atoms with Crippen molar-refractivity contribution in [1.29, 1.82) is 0 Å². The normalized spacial score (nSPS) is 12.5. The topological polar surface area (TPSA) is 86.8 Å². The van der Waals surface area contributed by atoms with Crippen molar-refractivity contribution in [3.05, 3.63) is 95.1 Å². The van der Waals surface area contributed by atoms with E-state index < -0.39 is 46.2 Å². The van der Waals surface area contributed by atoms with Crippen molar-refractivity contribution in [2.75, 3.05) is 17.4 Å². The third-order valence-corrected chi connectivity index (χ3v) is 8.48. The van der Waals surface area contributed by atoms with E-state index in [1.165, 1.54) is 23.1 Å². The maximum absolute atomic E-state index is 14.0. The molecule has 0 spiro atoms. The molecular formula is C30H34F3N3O4S. The lowest BCUT2D eigenvalue weighted by molar-refractivity contribution is -0.140. The van der Waals surface area contributed by atoms with E-state index in [1.54, 1.807) is 45.0 Å². The number of carbonyl (C=O) groups excluding carboxylic acids is 2. The first-order chi connectivity index (χ1) is 19.3. The van der Waals surface area contributed by atoms with Gasteiger partial charge in [0.2, 0.25) is 11.8 Å². The third-order valence-electron chi connectivity index (χ3n) is 6.69. The lowest BCUT2D eigenvalue weighted by Crippen LogP contribution is -2.52. The number of sulfonamides is 1. The van der Waals surface area contributed by atoms with E-state index in [1.807, 2.05) is 19.1 Å². The maximum Gasteiger partial charge on any atom is 0.416 e. The summed E-state index contributed by atoms with van der Waals surface area (Å²) in [5, 5.41) is 2.71. The van der Waals surface area contributed by atoms with Crippen molar-refractivity contribution in [2.45, 2.75) is 57.8 Å². The number of anilines is 1. The summed E-state index contributed by atoms with van der Waals surface area (Å²) >= 11 is 0. The van der Waals surface area contributed by atoms with Gasteiger partial charge in [0, 0.05) is 13.1 Å². The molecule has 0 aliphatic rings. The molecule has 2 amide bonds. The van der Waals surface area contributed by atoms with E-state index in [0.717, 1.165) is 28.8 Å². The summed E-state index contributed by atoms with van der Waals surface area (Å²) in [5.41, 5.74) is 1.00. The summed E-state index contributed by atoms with van der Waals surface area (Å²) in [6.07, 6.45) is -4.50. The fourth-order valence-electron chi connectivity index (χ4n) is 4.39. The fourth-order valence-corrected chi connectivity index (χ4v) is 5.79. The van der Waals surface area contributed by atoms with Crippen LogP contribution in [0.2, 0.25) is 0 Å². The number of carbonyl (C=O) groups is 2. The molecule has 220 valence electrons. The van der Waals surface area contributed by atoms with E-state index in [4.69, 9.17) is 0 Å². The average Bonchev–Trinajstić information content (AvgIpc) is 2.92. The molecule has 1 N–H and O–H groups in total. The van der Waals surface area contributed by atoms with Crippen LogP contribution in [0.25, 0.3) is 0 Å². The van der Waals surface area contributed by atoms with E-state index >= 15 is 0 Å². The van der Waals surface area contributed by atoms with Gasteiger partial charge in [-0.25, -0.2) is 8.42 Å². The number of amides is 2. The Bertz CT molecular complexity index is 1470. The molecule has 41 heavy (non-hydrogen) atoms. The van der Waals surface area contributed by atoms with Gasteiger partial charge in [0.05, 0.1) is 16.1 Å². The molecule has 0 saturated carbocycles. The molecule has 0 aliphatic heterocycles. The van der Waals surface area contributed by atoms with E-state index in [9.17, 15) is 31.2 Å². The van der Waals surface area contributed by atoms with Crippen LogP contribution in [0.5, 0.6) is 0 Å². The summed E-state index contributed by atoms with van der Waals surface area (Å²) in [6.45, 7) is 6.58. The first kappa shape index (κ1) is 31.7. The molecule has 11 heteroatoms. The smallest absolute Gasteiger partial charge is 0.355 e. The Morgan fingerprint density at radius 1 is 0.927 bits per heavy atom. The molecule has 3 aromatic carbocycles. The van der Waals surface area contributed by atoms with Crippen molar-refractivity contribution in [3.63, 3.8) is 0 Å². The zero-order valence-electron chi connectivity index (χ0n) is 23.4. The highest BCUT2D eigenvalue weighted by Crippen LogP contribution is 2.33. The van der Waals surface area contributed by atoms with Gasteiger partial charge in [0.1, 0.15) is 12.6 Å². The van der Waals surface area contributed by atoms with Crippen LogP contribution in [-0.2, 0) is 32.3 Å². The van der Waals surface area contributed by atoms with Gasteiger partial charge in [-0.3, -0.25) is 13.9 Å². The van der Waals surface area contributed by atoms with E-state index in [0.29, 0.717) is 16.9 Å². The minimum Gasteiger partial charge on any atom is -0.355 e. The Morgan fingerprint density at radius 3 is 2.17 bits per heavy atom. The summed E-state index contributed by atoms with van der Waals surface area (Å²) < 4.78 is 69.1. The van der Waals surface area contributed by atoms with Gasteiger partial charge in [-0.1, -0.05) is 55.0 Å². The molecule has 3 aromatic rings. The first-order valence-corrected chi connectivity index (χ1v) is 14.6. The largest absolute Gasteiger partial charge is 0.416 e. The first-order valence-electron chi connectivity index (χ1n) is 13.2. The molecule has 0 heterocycles. The molecule has 0 aromatic heterocycles. The molecule has 7 nitrogen and oxygen atoms in total. The molecule has 0 fully saturated rings. The zero-order valence-corrected chi connectivity index (χ0v) is 24.2. The van der Waals surface area contributed by atoms with E-state index in [2.05, 4.69) is 5.32 Å². The van der Waals surface area contributed by atoms with Crippen molar-refractivity contribution in [2.24, 2.45) is 0 Å². The predicted molar refractivity (Wildman–Crippen MR) is 152 cm³/mol. The lowest BCUT2D eigenvalue weighted by atomic mass is 10.1. The van der Waals surface area contributed by atoms with Crippen LogP contribution in [0.15, 0.2) is 77.7 Å². The highest BCUT2D eigenvalue weighted by molar-refractivity contribution is 7.92. The monoisotopic (exact) mass is 589 g/mol. The highest BCUT2D eigenvalue weighted by atomic mass is 32.2. The van der Waals surface area contributed by atoms with Crippen LogP contribution >= 0.6 is 0 Å². The van der Waals surface area contributed by atoms with E-state index in [-0.39, 0.29) is 23.5 Å². The van der Waals surface area contributed by atoms with Crippen LogP contribution < -0.4 is 9.62 Å². The van der Waals surface area contributed by atoms with Crippen molar-refractivity contribution < 1.29 is 31.2 Å². The Balaban J connectivity index is 2.13. The number of nitrogens with one attached hydrogen (secondary N) is 1. The Kier molecular flexibility index (Phi) is 10.2. The van der Waals surface area contributed by atoms with Gasteiger partial charge in [-0.2, -0.15) is 13.2 Å². The molecule has 0 radical (unpaired) electrons. The van der Waals surface area contributed by atoms with Crippen LogP contribution in [0, 0.1) is 13.8 Å². The quantitative estimate of drug-likeness (QED) is 0.322. The van der Waals surface area contributed by atoms with Crippen LogP contribution in [-0.4, -0.2) is 44.3 Å². The Hall–Kier alpha value is -3.86. The molecule has 1 atom stereocenters. The highest BCUT2D eigenvalue weighted by Gasteiger charge is 2.36. The molecule has 0 unspecified atom stereocenters. The molecule has 0 bridgehead atoms. The minimum atomic E-state index is -4.73. The van der Waals surface area contributed by atoms with Crippen LogP contribution in [0.4, 0.5) is 18.9 Å². The summed E-state index contributed by atoms with van der Waals surface area (Å²) in [4.78, 5) is 28.1. The number of rotatable bonds is 11. The second-order valence-electron chi connectivity index (χ2n) is 9.64. The number of aryl methyl sites for hydroxylation is 2. The van der Waals surface area contributed by atoms with Gasteiger partial charge in [-0.05, 0) is 68.7 Å². The minimum absolute atomic E-state index is 0.00214.